The summed E-state index contributed by atoms with van der Waals surface area (Å²) in [6.45, 7) is 14.1. The summed E-state index contributed by atoms with van der Waals surface area (Å²) < 4.78 is 17.9. The molecule has 79 heavy (non-hydrogen) atoms. The molecule has 0 fully saturated rings. The highest BCUT2D eigenvalue weighted by atomic mass is 16.3. The lowest BCUT2D eigenvalue weighted by molar-refractivity contribution is 0.654. The minimum atomic E-state index is 0.0694. The zero-order valence-electron chi connectivity index (χ0n) is 45.1. The van der Waals surface area contributed by atoms with Gasteiger partial charge in [0.1, 0.15) is 41.1 Å². The average Bonchev–Trinajstić information content (AvgIpc) is 4.39. The van der Waals surface area contributed by atoms with Crippen molar-refractivity contribution < 1.29 is 8.83 Å². The van der Waals surface area contributed by atoms with Crippen molar-refractivity contribution in [2.24, 2.45) is 5.92 Å². The highest BCUT2D eigenvalue weighted by Crippen LogP contribution is 2.45. The van der Waals surface area contributed by atoms with Crippen LogP contribution in [0.5, 0.6) is 0 Å². The predicted octanol–water partition coefficient (Wildman–Crippen LogP) is 15.1. The van der Waals surface area contributed by atoms with Gasteiger partial charge in [-0.05, 0) is 131 Å². The molecule has 384 valence electrons. The largest absolute Gasteiger partial charge is 0.456 e. The van der Waals surface area contributed by atoms with Gasteiger partial charge in [0.15, 0.2) is 0 Å². The lowest BCUT2D eigenvalue weighted by Crippen LogP contribution is -2.30. The van der Waals surface area contributed by atoms with E-state index in [-0.39, 0.29) is 5.92 Å². The number of hydrogen-bond donors (Lipinski definition) is 0. The molecule has 7 aromatic heterocycles. The van der Waals surface area contributed by atoms with Crippen molar-refractivity contribution in [1.82, 2.24) is 39.0 Å². The van der Waals surface area contributed by atoms with E-state index in [1.165, 1.54) is 28.6 Å². The molecule has 0 aliphatic heterocycles. The van der Waals surface area contributed by atoms with Crippen LogP contribution in [0, 0.1) is 31.1 Å². The predicted molar refractivity (Wildman–Crippen MR) is 318 cm³/mol. The number of furan rings is 2. The molecular formula is C68H55N9O2. The Kier molecular flexibility index (Phi) is 13.2. The van der Waals surface area contributed by atoms with Gasteiger partial charge in [-0.15, -0.1) is 0 Å². The van der Waals surface area contributed by atoms with Crippen LogP contribution in [0.15, 0.2) is 173 Å². The van der Waals surface area contributed by atoms with Gasteiger partial charge in [0.25, 0.3) is 0 Å². The van der Waals surface area contributed by atoms with Crippen LogP contribution in [0.3, 0.4) is 0 Å². The Morgan fingerprint density at radius 3 is 2.18 bits per heavy atom. The number of imidazole rings is 1. The summed E-state index contributed by atoms with van der Waals surface area (Å²) >= 11 is 0. The maximum Gasteiger partial charge on any atom is 0.228 e. The van der Waals surface area contributed by atoms with E-state index in [0.29, 0.717) is 22.3 Å². The third-order valence-electron chi connectivity index (χ3n) is 14.3. The number of hydrogen-bond acceptors (Lipinski definition) is 9. The fourth-order valence-corrected chi connectivity index (χ4v) is 10.9. The van der Waals surface area contributed by atoms with Gasteiger partial charge in [-0.3, -0.25) is 4.57 Å². The molecule has 2 aliphatic carbocycles. The van der Waals surface area contributed by atoms with Crippen LogP contribution in [0.4, 0.5) is 0 Å². The summed E-state index contributed by atoms with van der Waals surface area (Å²) in [5.74, 6) is 0.0694. The highest BCUT2D eigenvalue weighted by molar-refractivity contribution is 6.19. The average molecular weight is 1030 g/mol. The smallest absolute Gasteiger partial charge is 0.228 e. The number of nitrogens with zero attached hydrogens (tertiary/aromatic N) is 9. The van der Waals surface area contributed by atoms with Gasteiger partial charge in [0.2, 0.25) is 5.71 Å². The first-order valence-corrected chi connectivity index (χ1v) is 26.7. The fourth-order valence-electron chi connectivity index (χ4n) is 10.9. The standard InChI is InChI=1S/C58H36N8O2.C7H11N.C3H8/c1-33-45(28-59-30-61-33)43-23-37(35-19-21-41-40-14-7-9-18-52(40)67-53(41)25-35)26-54-55(43)56-44(46-29-60-31-62-34(46)2)27-48(64-58(56)68-54)36-20-22-47-51(24-36)65(32-63-47)50-17-10-15-42-39-13-6-8-16-49(39)66(57(42)50)38-11-4-3-5-12-38;1-6(2)4-7(3)5-8;1-3-2/h3-7,9-15,17-19,21,23-32H,8,16H2,1-2H3;4,7H,1-3H3;3H2,1-2H3. The molecule has 0 N–H and O–H groups in total. The minimum absolute atomic E-state index is 0.0694. The van der Waals surface area contributed by atoms with E-state index in [9.17, 15) is 0 Å². The van der Waals surface area contributed by atoms with Gasteiger partial charge in [-0.2, -0.15) is 5.26 Å². The van der Waals surface area contributed by atoms with Crippen LogP contribution >= 0.6 is 0 Å². The van der Waals surface area contributed by atoms with Crippen LogP contribution in [-0.4, -0.2) is 39.0 Å². The lowest BCUT2D eigenvalue weighted by atomic mass is 9.92. The Bertz CT molecular complexity index is 4720. The van der Waals surface area contributed by atoms with Gasteiger partial charge < -0.3 is 13.4 Å². The SMILES string of the molecule is CC(C)=CC(C)C#N.CCC.Cc1ncncc1-c1cc(-c2ccc3c(c2)oc2ccccc23)cc2oc3nc(C4=C=C=c5ncn(-c6cccc7c8c(n(-c9ccccc9)c67)CCC=C8)c5=C4)cc(-c4cncnc4C)c3c12. The van der Waals surface area contributed by atoms with Gasteiger partial charge in [0, 0.05) is 79.0 Å². The van der Waals surface area contributed by atoms with E-state index in [1.807, 2.05) is 77.6 Å². The maximum atomic E-state index is 8.29. The molecule has 14 rings (SSSR count). The summed E-state index contributed by atoms with van der Waals surface area (Å²) in [5, 5.41) is 14.9. The summed E-state index contributed by atoms with van der Waals surface area (Å²) in [7, 11) is 0. The Balaban J connectivity index is 0.000000518. The molecule has 0 bridgehead atoms. The van der Waals surface area contributed by atoms with Crippen molar-refractivity contribution >= 4 is 78.4 Å². The first-order chi connectivity index (χ1) is 38.6. The van der Waals surface area contributed by atoms with E-state index in [1.54, 1.807) is 12.7 Å². The topological polar surface area (TPSA) is 137 Å². The molecular weight excluding hydrogens is 975 g/mol. The van der Waals surface area contributed by atoms with E-state index in [2.05, 4.69) is 170 Å². The van der Waals surface area contributed by atoms with Gasteiger partial charge in [0.05, 0.1) is 45.2 Å². The van der Waals surface area contributed by atoms with Crippen LogP contribution < -0.4 is 10.7 Å². The monoisotopic (exact) mass is 1030 g/mol. The van der Waals surface area contributed by atoms with E-state index in [0.717, 1.165) is 118 Å². The van der Waals surface area contributed by atoms with Crippen LogP contribution in [-0.2, 0) is 6.42 Å². The summed E-state index contributed by atoms with van der Waals surface area (Å²) in [4.78, 5) is 28.5. The summed E-state index contributed by atoms with van der Waals surface area (Å²) in [6.07, 6.45) is 20.6. The lowest BCUT2D eigenvalue weighted by Gasteiger charge is -2.15. The van der Waals surface area contributed by atoms with Gasteiger partial charge in [-0.25, -0.2) is 29.9 Å². The van der Waals surface area contributed by atoms with Crippen LogP contribution in [0.25, 0.3) is 123 Å². The molecule has 2 aliphatic rings. The molecule has 0 saturated carbocycles. The van der Waals surface area contributed by atoms with Crippen molar-refractivity contribution in [2.45, 2.75) is 67.7 Å². The molecule has 7 heterocycles. The first-order valence-electron chi connectivity index (χ1n) is 26.7. The maximum absolute atomic E-state index is 8.29. The summed E-state index contributed by atoms with van der Waals surface area (Å²) in [5.41, 5.74) is 25.1. The number of allylic oxidation sites excluding steroid dienone is 4. The van der Waals surface area contributed by atoms with Crippen LogP contribution in [0.1, 0.15) is 75.8 Å². The zero-order chi connectivity index (χ0) is 54.3. The van der Waals surface area contributed by atoms with E-state index >= 15 is 0 Å². The Morgan fingerprint density at radius 2 is 1.44 bits per heavy atom. The molecule has 0 amide bonds. The zero-order valence-corrected chi connectivity index (χ0v) is 45.1. The molecule has 11 nitrogen and oxygen atoms in total. The third-order valence-corrected chi connectivity index (χ3v) is 14.3. The van der Waals surface area contributed by atoms with Gasteiger partial charge in [-0.1, -0.05) is 104 Å². The Hall–Kier alpha value is -9.97. The fraction of sp³-hybridized carbons (Fsp3) is 0.162. The van der Waals surface area contributed by atoms with Crippen molar-refractivity contribution in [3.8, 4) is 50.8 Å². The minimum Gasteiger partial charge on any atom is -0.456 e. The van der Waals surface area contributed by atoms with E-state index < -0.39 is 0 Å². The Morgan fingerprint density at radius 1 is 0.734 bits per heavy atom. The number of fused-ring (bicyclic) bond motifs is 10. The normalized spacial score (nSPS) is 12.7. The second-order valence-corrected chi connectivity index (χ2v) is 20.3. The van der Waals surface area contributed by atoms with Crippen molar-refractivity contribution in [3.05, 3.63) is 203 Å². The number of pyridine rings is 1. The van der Waals surface area contributed by atoms with Crippen molar-refractivity contribution in [3.63, 3.8) is 0 Å². The van der Waals surface area contributed by atoms with Gasteiger partial charge >= 0.3 is 0 Å². The number of aryl methyl sites for hydroxylation is 2. The molecule has 0 spiro atoms. The quantitative estimate of drug-likeness (QED) is 0.113. The Labute approximate surface area is 456 Å². The van der Waals surface area contributed by atoms with Crippen molar-refractivity contribution in [2.75, 3.05) is 0 Å². The van der Waals surface area contributed by atoms with Crippen LogP contribution in [0.2, 0.25) is 0 Å². The highest BCUT2D eigenvalue weighted by Gasteiger charge is 2.26. The number of rotatable bonds is 7. The number of nitriles is 1. The number of aromatic nitrogens is 8. The van der Waals surface area contributed by atoms with E-state index in [4.69, 9.17) is 24.1 Å². The molecule has 12 aromatic rings. The number of benzene rings is 5. The second-order valence-electron chi connectivity index (χ2n) is 20.3. The molecule has 0 radical (unpaired) electrons. The molecule has 11 heteroatoms. The molecule has 1 unspecified atom stereocenters. The molecule has 1 atom stereocenters. The third kappa shape index (κ3) is 9.05. The summed E-state index contributed by atoms with van der Waals surface area (Å²) in [6, 6.07) is 40.1. The molecule has 0 saturated heterocycles. The number of para-hydroxylation sites is 3. The second kappa shape index (κ2) is 20.9. The first kappa shape index (κ1) is 49.9. The molecule has 5 aromatic carbocycles. The van der Waals surface area contributed by atoms with Crippen molar-refractivity contribution in [1.29, 1.82) is 5.26 Å².